The number of hydrogen-bond acceptors (Lipinski definition) is 2. The number of nitrogens with zero attached hydrogens (tertiary/aromatic N) is 1. The maximum atomic E-state index is 6.06. The average Bonchev–Trinajstić information content (AvgIpc) is 2.44. The molecule has 1 aromatic carbocycles. The van der Waals surface area contributed by atoms with Crippen molar-refractivity contribution < 1.29 is 0 Å². The third kappa shape index (κ3) is 4.62. The third-order valence-electron chi connectivity index (χ3n) is 3.29. The smallest absolute Gasteiger partial charge is 0.187 e. The van der Waals surface area contributed by atoms with Crippen LogP contribution in [0.3, 0.4) is 0 Å². The highest BCUT2D eigenvalue weighted by Crippen LogP contribution is 2.24. The first-order valence-electron chi connectivity index (χ1n) is 6.70. The van der Waals surface area contributed by atoms with Gasteiger partial charge < -0.3 is 5.32 Å². The Hall–Kier alpha value is -0.840. The van der Waals surface area contributed by atoms with Crippen LogP contribution in [0.4, 0.5) is 0 Å². The molecule has 0 heterocycles. The van der Waals surface area contributed by atoms with Crippen molar-refractivity contribution in [1.82, 2.24) is 10.7 Å². The highest BCUT2D eigenvalue weighted by atomic mass is 35.5. The van der Waals surface area contributed by atoms with Crippen molar-refractivity contribution >= 4 is 46.7 Å². The molecular weight excluding hydrogens is 313 g/mol. The molecule has 0 saturated heterocycles. The Morgan fingerprint density at radius 3 is 2.75 bits per heavy atom. The summed E-state index contributed by atoms with van der Waals surface area (Å²) in [7, 11) is 0. The SMILES string of the molecule is S=C(N/N=C/c1cccc(Cl)c1Cl)NC1CCCCC1. The molecule has 2 rings (SSSR count). The summed E-state index contributed by atoms with van der Waals surface area (Å²) < 4.78 is 0. The van der Waals surface area contributed by atoms with Gasteiger partial charge in [0.25, 0.3) is 0 Å². The first kappa shape index (κ1) is 15.5. The van der Waals surface area contributed by atoms with E-state index in [0.717, 1.165) is 5.56 Å². The van der Waals surface area contributed by atoms with Crippen LogP contribution in [0.5, 0.6) is 0 Å². The number of thiocarbonyl (C=S) groups is 1. The molecule has 0 atom stereocenters. The van der Waals surface area contributed by atoms with Crippen LogP contribution in [0.2, 0.25) is 10.0 Å². The van der Waals surface area contributed by atoms with Crippen molar-refractivity contribution in [2.24, 2.45) is 5.10 Å². The minimum atomic E-state index is 0.466. The van der Waals surface area contributed by atoms with Crippen molar-refractivity contribution in [3.8, 4) is 0 Å². The summed E-state index contributed by atoms with van der Waals surface area (Å²) in [6.45, 7) is 0. The molecule has 0 aromatic heterocycles. The second-order valence-electron chi connectivity index (χ2n) is 4.82. The molecule has 1 aromatic rings. The second kappa shape index (κ2) is 7.81. The molecule has 3 nitrogen and oxygen atoms in total. The van der Waals surface area contributed by atoms with Crippen molar-refractivity contribution in [3.63, 3.8) is 0 Å². The maximum absolute atomic E-state index is 6.06. The zero-order valence-electron chi connectivity index (χ0n) is 11.0. The predicted octanol–water partition coefficient (Wildman–Crippen LogP) is 4.12. The van der Waals surface area contributed by atoms with Crippen LogP contribution in [0.25, 0.3) is 0 Å². The lowest BCUT2D eigenvalue weighted by molar-refractivity contribution is 0.412. The van der Waals surface area contributed by atoms with E-state index in [1.165, 1.54) is 32.1 Å². The lowest BCUT2D eigenvalue weighted by Crippen LogP contribution is -2.40. The molecule has 1 aliphatic rings. The number of hydrazone groups is 1. The first-order valence-corrected chi connectivity index (χ1v) is 7.87. The van der Waals surface area contributed by atoms with Crippen molar-refractivity contribution in [2.75, 3.05) is 0 Å². The number of halogens is 2. The van der Waals surface area contributed by atoms with Gasteiger partial charge in [0, 0.05) is 11.6 Å². The Labute approximate surface area is 134 Å². The van der Waals surface area contributed by atoms with E-state index in [1.54, 1.807) is 12.3 Å². The Morgan fingerprint density at radius 1 is 1.25 bits per heavy atom. The fraction of sp³-hybridized carbons (Fsp3) is 0.429. The van der Waals surface area contributed by atoms with Gasteiger partial charge in [-0.3, -0.25) is 5.43 Å². The van der Waals surface area contributed by atoms with Gasteiger partial charge >= 0.3 is 0 Å². The highest BCUT2D eigenvalue weighted by molar-refractivity contribution is 7.80. The molecule has 0 spiro atoms. The van der Waals surface area contributed by atoms with Crippen LogP contribution < -0.4 is 10.7 Å². The molecule has 1 aliphatic carbocycles. The molecule has 0 unspecified atom stereocenters. The van der Waals surface area contributed by atoms with Crippen molar-refractivity contribution in [2.45, 2.75) is 38.1 Å². The second-order valence-corrected chi connectivity index (χ2v) is 6.01. The molecule has 0 amide bonds. The molecule has 0 radical (unpaired) electrons. The molecule has 20 heavy (non-hydrogen) atoms. The Morgan fingerprint density at radius 2 is 2.00 bits per heavy atom. The molecule has 1 saturated carbocycles. The summed E-state index contributed by atoms with van der Waals surface area (Å²) in [6, 6.07) is 5.88. The van der Waals surface area contributed by atoms with Gasteiger partial charge in [-0.2, -0.15) is 5.10 Å². The van der Waals surface area contributed by atoms with Gasteiger partial charge in [-0.25, -0.2) is 0 Å². The molecule has 108 valence electrons. The zero-order valence-corrected chi connectivity index (χ0v) is 13.4. The van der Waals surface area contributed by atoms with Gasteiger partial charge in [-0.15, -0.1) is 0 Å². The summed E-state index contributed by atoms with van der Waals surface area (Å²) >= 11 is 17.2. The quantitative estimate of drug-likeness (QED) is 0.497. The predicted molar refractivity (Wildman–Crippen MR) is 89.8 cm³/mol. The van der Waals surface area contributed by atoms with E-state index < -0.39 is 0 Å². The fourth-order valence-corrected chi connectivity index (χ4v) is 2.82. The lowest BCUT2D eigenvalue weighted by atomic mass is 9.96. The standard InChI is InChI=1S/C14H17Cl2N3S/c15-12-8-4-5-10(13(12)16)9-17-19-14(20)18-11-6-2-1-3-7-11/h4-5,8-9,11H,1-3,6-7H2,(H2,18,19,20)/b17-9+. The van der Waals surface area contributed by atoms with E-state index in [2.05, 4.69) is 15.8 Å². The van der Waals surface area contributed by atoms with Crippen LogP contribution in [0.1, 0.15) is 37.7 Å². The highest BCUT2D eigenvalue weighted by Gasteiger charge is 2.13. The number of hydrogen-bond donors (Lipinski definition) is 2. The van der Waals surface area contributed by atoms with Crippen LogP contribution in [0, 0.1) is 0 Å². The summed E-state index contributed by atoms with van der Waals surface area (Å²) in [5.41, 5.74) is 3.57. The minimum absolute atomic E-state index is 0.466. The van der Waals surface area contributed by atoms with E-state index >= 15 is 0 Å². The van der Waals surface area contributed by atoms with Crippen molar-refractivity contribution in [3.05, 3.63) is 33.8 Å². The van der Waals surface area contributed by atoms with Gasteiger partial charge in [0.05, 0.1) is 16.3 Å². The zero-order chi connectivity index (χ0) is 14.4. The van der Waals surface area contributed by atoms with E-state index in [-0.39, 0.29) is 0 Å². The van der Waals surface area contributed by atoms with Crippen LogP contribution in [-0.2, 0) is 0 Å². The van der Waals surface area contributed by atoms with Crippen LogP contribution in [-0.4, -0.2) is 17.4 Å². The maximum Gasteiger partial charge on any atom is 0.187 e. The van der Waals surface area contributed by atoms with E-state index in [9.17, 15) is 0 Å². The summed E-state index contributed by atoms with van der Waals surface area (Å²) in [5, 5.41) is 8.92. The summed E-state index contributed by atoms with van der Waals surface area (Å²) in [5.74, 6) is 0. The Balaban J connectivity index is 1.83. The molecule has 0 aliphatic heterocycles. The van der Waals surface area contributed by atoms with Gasteiger partial charge in [0.1, 0.15) is 0 Å². The Kier molecular flexibility index (Phi) is 6.07. The number of nitrogens with one attached hydrogen (secondary N) is 2. The van der Waals surface area contributed by atoms with Gasteiger partial charge in [0.15, 0.2) is 5.11 Å². The normalized spacial score (nSPS) is 16.3. The minimum Gasteiger partial charge on any atom is -0.359 e. The molecule has 2 N–H and O–H groups in total. The first-order chi connectivity index (χ1) is 9.66. The largest absolute Gasteiger partial charge is 0.359 e. The molecular formula is C14H17Cl2N3S. The van der Waals surface area contributed by atoms with E-state index in [4.69, 9.17) is 35.4 Å². The van der Waals surface area contributed by atoms with E-state index in [0.29, 0.717) is 21.2 Å². The van der Waals surface area contributed by atoms with Crippen LogP contribution in [0.15, 0.2) is 23.3 Å². The number of benzene rings is 1. The van der Waals surface area contributed by atoms with Gasteiger partial charge in [-0.1, -0.05) is 54.6 Å². The lowest BCUT2D eigenvalue weighted by Gasteiger charge is -2.23. The molecule has 6 heteroatoms. The van der Waals surface area contributed by atoms with Gasteiger partial charge in [-0.05, 0) is 31.1 Å². The average molecular weight is 330 g/mol. The third-order valence-corrected chi connectivity index (χ3v) is 4.33. The molecule has 1 fully saturated rings. The number of rotatable bonds is 3. The van der Waals surface area contributed by atoms with Gasteiger partial charge in [0.2, 0.25) is 0 Å². The topological polar surface area (TPSA) is 36.4 Å². The van der Waals surface area contributed by atoms with Crippen LogP contribution >= 0.6 is 35.4 Å². The monoisotopic (exact) mass is 329 g/mol. The Bertz CT molecular complexity index is 499. The van der Waals surface area contributed by atoms with Crippen molar-refractivity contribution in [1.29, 1.82) is 0 Å². The summed E-state index contributed by atoms with van der Waals surface area (Å²) in [4.78, 5) is 0. The fourth-order valence-electron chi connectivity index (χ4n) is 2.25. The summed E-state index contributed by atoms with van der Waals surface area (Å²) in [6.07, 6.45) is 7.81. The molecule has 0 bridgehead atoms. The van der Waals surface area contributed by atoms with E-state index in [1.807, 2.05) is 12.1 Å².